The zero-order chi connectivity index (χ0) is 13.8. The number of hydrogen-bond donors (Lipinski definition) is 2. The van der Waals surface area contributed by atoms with E-state index in [4.69, 9.17) is 4.42 Å². The molecule has 0 fully saturated rings. The molecule has 0 atom stereocenters. The summed E-state index contributed by atoms with van der Waals surface area (Å²) in [6, 6.07) is 9.68. The van der Waals surface area contributed by atoms with E-state index in [1.807, 2.05) is 44.2 Å². The summed E-state index contributed by atoms with van der Waals surface area (Å²) in [4.78, 5) is 11.0. The Balaban J connectivity index is 2.08. The van der Waals surface area contributed by atoms with Gasteiger partial charge in [-0.15, -0.1) is 0 Å². The van der Waals surface area contributed by atoms with E-state index >= 15 is 0 Å². The third kappa shape index (κ3) is 3.61. The van der Waals surface area contributed by atoms with Crippen molar-refractivity contribution in [3.8, 4) is 0 Å². The number of anilines is 2. The van der Waals surface area contributed by atoms with Crippen molar-refractivity contribution in [2.45, 2.75) is 27.3 Å². The number of nitrogens with one attached hydrogen (secondary N) is 2. The molecule has 2 N–H and O–H groups in total. The average Bonchev–Trinajstić information content (AvgIpc) is 2.75. The highest BCUT2D eigenvalue weighted by Crippen LogP contribution is 2.21. The molecule has 0 spiro atoms. The largest absolute Gasteiger partial charge is 0.465 e. The lowest BCUT2D eigenvalue weighted by Crippen LogP contribution is -2.07. The Morgan fingerprint density at radius 2 is 2.00 bits per heavy atom. The van der Waals surface area contributed by atoms with Gasteiger partial charge >= 0.3 is 0 Å². The van der Waals surface area contributed by atoms with Crippen LogP contribution in [-0.4, -0.2) is 5.91 Å². The molecular formula is C15H18N2O2. The van der Waals surface area contributed by atoms with Crippen molar-refractivity contribution >= 4 is 17.3 Å². The third-order valence-corrected chi connectivity index (χ3v) is 2.81. The normalized spacial score (nSPS) is 10.3. The number of furan rings is 1. The van der Waals surface area contributed by atoms with Crippen molar-refractivity contribution < 1.29 is 9.21 Å². The molecule has 0 aliphatic rings. The van der Waals surface area contributed by atoms with Crippen LogP contribution in [-0.2, 0) is 11.3 Å². The van der Waals surface area contributed by atoms with Gasteiger partial charge < -0.3 is 15.1 Å². The molecule has 2 aromatic rings. The number of carbonyl (C=O) groups is 1. The zero-order valence-electron chi connectivity index (χ0n) is 11.4. The minimum absolute atomic E-state index is 0.0727. The Hall–Kier alpha value is -2.23. The zero-order valence-corrected chi connectivity index (χ0v) is 11.4. The summed E-state index contributed by atoms with van der Waals surface area (Å²) >= 11 is 0. The van der Waals surface area contributed by atoms with E-state index in [1.165, 1.54) is 6.92 Å². The highest BCUT2D eigenvalue weighted by atomic mass is 16.3. The minimum atomic E-state index is -0.0727. The van der Waals surface area contributed by atoms with Gasteiger partial charge in [0.25, 0.3) is 0 Å². The first-order chi connectivity index (χ1) is 9.04. The average molecular weight is 258 g/mol. The van der Waals surface area contributed by atoms with Gasteiger partial charge in [-0.25, -0.2) is 0 Å². The minimum Gasteiger partial charge on any atom is -0.465 e. The molecule has 0 unspecified atom stereocenters. The molecule has 0 radical (unpaired) electrons. The standard InChI is InChI=1S/C15H18N2O2/c1-10-4-6-13(17-12(3)18)8-15(10)16-9-14-7-5-11(2)19-14/h4-8,16H,9H2,1-3H3,(H,17,18). The molecular weight excluding hydrogens is 240 g/mol. The number of rotatable bonds is 4. The van der Waals surface area contributed by atoms with Gasteiger partial charge in [0.15, 0.2) is 0 Å². The maximum Gasteiger partial charge on any atom is 0.221 e. The highest BCUT2D eigenvalue weighted by molar-refractivity contribution is 5.89. The van der Waals surface area contributed by atoms with Gasteiger partial charge in [0.1, 0.15) is 11.5 Å². The van der Waals surface area contributed by atoms with Crippen LogP contribution in [0.4, 0.5) is 11.4 Å². The van der Waals surface area contributed by atoms with Crippen LogP contribution < -0.4 is 10.6 Å². The van der Waals surface area contributed by atoms with E-state index in [2.05, 4.69) is 10.6 Å². The molecule has 0 saturated carbocycles. The molecule has 0 bridgehead atoms. The smallest absolute Gasteiger partial charge is 0.221 e. The molecule has 1 amide bonds. The number of amides is 1. The van der Waals surface area contributed by atoms with Crippen molar-refractivity contribution in [2.24, 2.45) is 0 Å². The van der Waals surface area contributed by atoms with Crippen molar-refractivity contribution in [3.63, 3.8) is 0 Å². The highest BCUT2D eigenvalue weighted by Gasteiger charge is 2.03. The fraction of sp³-hybridized carbons (Fsp3) is 0.267. The number of benzene rings is 1. The van der Waals surface area contributed by atoms with Gasteiger partial charge in [0, 0.05) is 18.3 Å². The number of hydrogen-bond acceptors (Lipinski definition) is 3. The first-order valence-electron chi connectivity index (χ1n) is 6.22. The van der Waals surface area contributed by atoms with Gasteiger partial charge in [-0.3, -0.25) is 4.79 Å². The predicted octanol–water partition coefficient (Wildman–Crippen LogP) is 3.47. The van der Waals surface area contributed by atoms with E-state index in [0.717, 1.165) is 28.5 Å². The summed E-state index contributed by atoms with van der Waals surface area (Å²) in [5.74, 6) is 1.72. The molecule has 2 rings (SSSR count). The third-order valence-electron chi connectivity index (χ3n) is 2.81. The lowest BCUT2D eigenvalue weighted by Gasteiger charge is -2.11. The fourth-order valence-corrected chi connectivity index (χ4v) is 1.86. The van der Waals surface area contributed by atoms with Crippen LogP contribution in [0.5, 0.6) is 0 Å². The van der Waals surface area contributed by atoms with Crippen molar-refractivity contribution in [3.05, 3.63) is 47.4 Å². The quantitative estimate of drug-likeness (QED) is 0.883. The lowest BCUT2D eigenvalue weighted by atomic mass is 10.1. The molecule has 1 aromatic carbocycles. The summed E-state index contributed by atoms with van der Waals surface area (Å²) < 4.78 is 5.51. The summed E-state index contributed by atoms with van der Waals surface area (Å²) in [5, 5.41) is 6.08. The molecule has 4 nitrogen and oxygen atoms in total. The predicted molar refractivity (Wildman–Crippen MR) is 76.3 cm³/mol. The molecule has 100 valence electrons. The second-order valence-corrected chi connectivity index (χ2v) is 4.58. The summed E-state index contributed by atoms with van der Waals surface area (Å²) in [6.45, 7) is 6.07. The molecule has 19 heavy (non-hydrogen) atoms. The molecule has 1 aromatic heterocycles. The van der Waals surface area contributed by atoms with Crippen LogP contribution in [0.25, 0.3) is 0 Å². The second kappa shape index (κ2) is 5.61. The van der Waals surface area contributed by atoms with E-state index < -0.39 is 0 Å². The first-order valence-corrected chi connectivity index (χ1v) is 6.22. The maximum atomic E-state index is 11.0. The van der Waals surface area contributed by atoms with Gasteiger partial charge in [-0.2, -0.15) is 0 Å². The van der Waals surface area contributed by atoms with Crippen LogP contribution in [0.3, 0.4) is 0 Å². The van der Waals surface area contributed by atoms with E-state index in [9.17, 15) is 4.79 Å². The van der Waals surface area contributed by atoms with Gasteiger partial charge in [0.05, 0.1) is 6.54 Å². The summed E-state index contributed by atoms with van der Waals surface area (Å²) in [7, 11) is 0. The molecule has 1 heterocycles. The lowest BCUT2D eigenvalue weighted by molar-refractivity contribution is -0.114. The Morgan fingerprint density at radius 1 is 1.21 bits per heavy atom. The van der Waals surface area contributed by atoms with Gasteiger partial charge in [-0.1, -0.05) is 6.07 Å². The Bertz CT molecular complexity index is 588. The van der Waals surface area contributed by atoms with E-state index in [0.29, 0.717) is 6.54 Å². The molecule has 0 aliphatic heterocycles. The van der Waals surface area contributed by atoms with Crippen LogP contribution in [0, 0.1) is 13.8 Å². The Labute approximate surface area is 112 Å². The van der Waals surface area contributed by atoms with E-state index in [1.54, 1.807) is 0 Å². The Morgan fingerprint density at radius 3 is 2.63 bits per heavy atom. The Kier molecular flexibility index (Phi) is 3.90. The summed E-state index contributed by atoms with van der Waals surface area (Å²) in [6.07, 6.45) is 0. The van der Waals surface area contributed by atoms with Crippen LogP contribution in [0.15, 0.2) is 34.7 Å². The molecule has 0 saturated heterocycles. The van der Waals surface area contributed by atoms with Crippen molar-refractivity contribution in [1.82, 2.24) is 0 Å². The van der Waals surface area contributed by atoms with E-state index in [-0.39, 0.29) is 5.91 Å². The van der Waals surface area contributed by atoms with Gasteiger partial charge in [0.2, 0.25) is 5.91 Å². The van der Waals surface area contributed by atoms with Crippen LogP contribution in [0.1, 0.15) is 24.0 Å². The SMILES string of the molecule is CC(=O)Nc1ccc(C)c(NCc2ccc(C)o2)c1. The number of carbonyl (C=O) groups excluding carboxylic acids is 1. The monoisotopic (exact) mass is 258 g/mol. The number of aryl methyl sites for hydroxylation is 2. The second-order valence-electron chi connectivity index (χ2n) is 4.58. The summed E-state index contributed by atoms with van der Waals surface area (Å²) in [5.41, 5.74) is 2.90. The fourth-order valence-electron chi connectivity index (χ4n) is 1.86. The maximum absolute atomic E-state index is 11.0. The molecule has 0 aliphatic carbocycles. The first kappa shape index (κ1) is 13.2. The topological polar surface area (TPSA) is 54.3 Å². The van der Waals surface area contributed by atoms with Crippen LogP contribution in [0.2, 0.25) is 0 Å². The van der Waals surface area contributed by atoms with Gasteiger partial charge in [-0.05, 0) is 43.7 Å². The van der Waals surface area contributed by atoms with Crippen LogP contribution >= 0.6 is 0 Å². The van der Waals surface area contributed by atoms with Crippen molar-refractivity contribution in [1.29, 1.82) is 0 Å². The molecule has 4 heteroatoms. The van der Waals surface area contributed by atoms with Crippen molar-refractivity contribution in [2.75, 3.05) is 10.6 Å².